The number of methoxy groups -OCH3 is 1. The third-order valence-electron chi connectivity index (χ3n) is 4.43. The lowest BCUT2D eigenvalue weighted by Crippen LogP contribution is -2.26. The molecule has 6 nitrogen and oxygen atoms in total. The summed E-state index contributed by atoms with van der Waals surface area (Å²) in [5.74, 6) is 1.17. The fraction of sp³-hybridized carbons (Fsp3) is 0.227. The van der Waals surface area contributed by atoms with Crippen molar-refractivity contribution in [2.45, 2.75) is 19.8 Å². The Hall–Kier alpha value is -3.41. The molecule has 0 unspecified atom stereocenters. The number of ether oxygens (including phenoxy) is 1. The first kappa shape index (κ1) is 19.4. The predicted octanol–water partition coefficient (Wildman–Crippen LogP) is 3.76. The van der Waals surface area contributed by atoms with Crippen molar-refractivity contribution in [3.63, 3.8) is 0 Å². The van der Waals surface area contributed by atoms with Gasteiger partial charge >= 0.3 is 0 Å². The minimum atomic E-state index is -0.247. The number of aromatic nitrogens is 2. The Balaban J connectivity index is 1.56. The van der Waals surface area contributed by atoms with E-state index in [9.17, 15) is 4.79 Å². The number of hydrogen-bond donors (Lipinski definition) is 2. The molecule has 1 heterocycles. The monoisotopic (exact) mass is 376 g/mol. The summed E-state index contributed by atoms with van der Waals surface area (Å²) in [6, 6.07) is 19.2. The van der Waals surface area contributed by atoms with E-state index in [1.165, 1.54) is 5.56 Å². The molecule has 2 N–H and O–H groups in total. The van der Waals surface area contributed by atoms with Gasteiger partial charge in [-0.15, -0.1) is 10.2 Å². The Bertz CT molecular complexity index is 926. The SMILES string of the molecule is CCc1ccccc1Nc1ccc(C(=O)NCCc2ccccc2OC)nn1. The molecule has 1 amide bonds. The second-order valence-electron chi connectivity index (χ2n) is 6.26. The van der Waals surface area contributed by atoms with Gasteiger partial charge in [0.2, 0.25) is 0 Å². The molecule has 3 aromatic rings. The predicted molar refractivity (Wildman–Crippen MR) is 110 cm³/mol. The van der Waals surface area contributed by atoms with E-state index >= 15 is 0 Å². The van der Waals surface area contributed by atoms with Gasteiger partial charge in [-0.2, -0.15) is 0 Å². The van der Waals surface area contributed by atoms with Crippen LogP contribution in [-0.2, 0) is 12.8 Å². The number of rotatable bonds is 8. The van der Waals surface area contributed by atoms with Gasteiger partial charge in [-0.25, -0.2) is 0 Å². The maximum atomic E-state index is 12.3. The lowest BCUT2D eigenvalue weighted by atomic mass is 10.1. The molecule has 0 atom stereocenters. The molecule has 0 aliphatic rings. The summed E-state index contributed by atoms with van der Waals surface area (Å²) >= 11 is 0. The van der Waals surface area contributed by atoms with E-state index in [0.717, 1.165) is 23.4 Å². The van der Waals surface area contributed by atoms with Gasteiger partial charge in [0.1, 0.15) is 5.75 Å². The van der Waals surface area contributed by atoms with Crippen molar-refractivity contribution < 1.29 is 9.53 Å². The van der Waals surface area contributed by atoms with Crippen LogP contribution in [0.2, 0.25) is 0 Å². The summed E-state index contributed by atoms with van der Waals surface area (Å²) in [5, 5.41) is 14.3. The highest BCUT2D eigenvalue weighted by molar-refractivity contribution is 5.92. The Morgan fingerprint density at radius 3 is 2.43 bits per heavy atom. The summed E-state index contributed by atoms with van der Waals surface area (Å²) in [4.78, 5) is 12.3. The first-order chi connectivity index (χ1) is 13.7. The average Bonchev–Trinajstić information content (AvgIpc) is 2.75. The molecule has 2 aromatic carbocycles. The molecule has 28 heavy (non-hydrogen) atoms. The van der Waals surface area contributed by atoms with Gasteiger partial charge in [0.25, 0.3) is 5.91 Å². The quantitative estimate of drug-likeness (QED) is 0.626. The fourth-order valence-electron chi connectivity index (χ4n) is 2.92. The largest absolute Gasteiger partial charge is 0.496 e. The van der Waals surface area contributed by atoms with Crippen molar-refractivity contribution in [1.82, 2.24) is 15.5 Å². The van der Waals surface area contributed by atoms with E-state index in [1.54, 1.807) is 19.2 Å². The van der Waals surface area contributed by atoms with Crippen LogP contribution in [0.25, 0.3) is 0 Å². The number of carbonyl (C=O) groups excluding carboxylic acids is 1. The number of aryl methyl sites for hydroxylation is 1. The molecule has 3 rings (SSSR count). The molecule has 0 aliphatic heterocycles. The van der Waals surface area contributed by atoms with Crippen LogP contribution in [-0.4, -0.2) is 29.8 Å². The minimum absolute atomic E-state index is 0.247. The Labute approximate surface area is 165 Å². The van der Waals surface area contributed by atoms with Crippen LogP contribution in [0, 0.1) is 0 Å². The van der Waals surface area contributed by atoms with Crippen LogP contribution in [0.15, 0.2) is 60.7 Å². The number of amides is 1. The van der Waals surface area contributed by atoms with Crippen LogP contribution < -0.4 is 15.4 Å². The highest BCUT2D eigenvalue weighted by Gasteiger charge is 2.09. The van der Waals surface area contributed by atoms with Gasteiger partial charge in [0.05, 0.1) is 7.11 Å². The first-order valence-corrected chi connectivity index (χ1v) is 9.30. The second kappa shape index (κ2) is 9.50. The number of carbonyl (C=O) groups is 1. The Morgan fingerprint density at radius 2 is 1.71 bits per heavy atom. The maximum Gasteiger partial charge on any atom is 0.271 e. The Morgan fingerprint density at radius 1 is 0.964 bits per heavy atom. The van der Waals surface area contributed by atoms with E-state index in [2.05, 4.69) is 33.8 Å². The molecular weight excluding hydrogens is 352 g/mol. The summed E-state index contributed by atoms with van der Waals surface area (Å²) < 4.78 is 5.32. The number of nitrogens with one attached hydrogen (secondary N) is 2. The Kier molecular flexibility index (Phi) is 6.57. The summed E-state index contributed by atoms with van der Waals surface area (Å²) in [5.41, 5.74) is 3.52. The third-order valence-corrected chi connectivity index (χ3v) is 4.43. The minimum Gasteiger partial charge on any atom is -0.496 e. The summed E-state index contributed by atoms with van der Waals surface area (Å²) in [6.45, 7) is 2.59. The maximum absolute atomic E-state index is 12.3. The number of hydrogen-bond acceptors (Lipinski definition) is 5. The highest BCUT2D eigenvalue weighted by Crippen LogP contribution is 2.20. The zero-order chi connectivity index (χ0) is 19.8. The van der Waals surface area contributed by atoms with Crippen LogP contribution in [0.5, 0.6) is 5.75 Å². The highest BCUT2D eigenvalue weighted by atomic mass is 16.5. The first-order valence-electron chi connectivity index (χ1n) is 9.30. The van der Waals surface area contributed by atoms with Crippen LogP contribution in [0.1, 0.15) is 28.5 Å². The molecule has 0 saturated heterocycles. The number of nitrogens with zero attached hydrogens (tertiary/aromatic N) is 2. The smallest absolute Gasteiger partial charge is 0.271 e. The molecule has 0 aliphatic carbocycles. The van der Waals surface area contributed by atoms with E-state index in [4.69, 9.17) is 4.74 Å². The summed E-state index contributed by atoms with van der Waals surface area (Å²) in [7, 11) is 1.64. The van der Waals surface area contributed by atoms with Crippen LogP contribution in [0.4, 0.5) is 11.5 Å². The number of benzene rings is 2. The summed E-state index contributed by atoms with van der Waals surface area (Å²) in [6.07, 6.45) is 1.60. The van der Waals surface area contributed by atoms with Crippen molar-refractivity contribution in [1.29, 1.82) is 0 Å². The number of anilines is 2. The van der Waals surface area contributed by atoms with Gasteiger partial charge in [-0.05, 0) is 48.2 Å². The van der Waals surface area contributed by atoms with E-state index in [0.29, 0.717) is 18.8 Å². The van der Waals surface area contributed by atoms with Crippen molar-refractivity contribution in [3.8, 4) is 5.75 Å². The number of para-hydroxylation sites is 2. The van der Waals surface area contributed by atoms with E-state index in [-0.39, 0.29) is 11.6 Å². The van der Waals surface area contributed by atoms with E-state index < -0.39 is 0 Å². The van der Waals surface area contributed by atoms with Gasteiger partial charge in [-0.1, -0.05) is 43.3 Å². The van der Waals surface area contributed by atoms with Gasteiger partial charge < -0.3 is 15.4 Å². The van der Waals surface area contributed by atoms with Crippen LogP contribution >= 0.6 is 0 Å². The van der Waals surface area contributed by atoms with Crippen molar-refractivity contribution >= 4 is 17.4 Å². The molecule has 144 valence electrons. The zero-order valence-electron chi connectivity index (χ0n) is 16.1. The van der Waals surface area contributed by atoms with Crippen LogP contribution in [0.3, 0.4) is 0 Å². The third kappa shape index (κ3) is 4.85. The zero-order valence-corrected chi connectivity index (χ0v) is 16.1. The van der Waals surface area contributed by atoms with Gasteiger partial charge in [0.15, 0.2) is 11.5 Å². The van der Waals surface area contributed by atoms with Crippen molar-refractivity contribution in [2.24, 2.45) is 0 Å². The topological polar surface area (TPSA) is 76.1 Å². The molecule has 0 radical (unpaired) electrons. The lowest BCUT2D eigenvalue weighted by molar-refractivity contribution is 0.0948. The van der Waals surface area contributed by atoms with Gasteiger partial charge in [0, 0.05) is 12.2 Å². The average molecular weight is 376 g/mol. The van der Waals surface area contributed by atoms with Crippen molar-refractivity contribution in [3.05, 3.63) is 77.5 Å². The normalized spacial score (nSPS) is 10.4. The molecular formula is C22H24N4O2. The second-order valence-corrected chi connectivity index (χ2v) is 6.26. The molecule has 0 fully saturated rings. The molecule has 1 aromatic heterocycles. The van der Waals surface area contributed by atoms with Crippen molar-refractivity contribution in [2.75, 3.05) is 19.0 Å². The fourth-order valence-corrected chi connectivity index (χ4v) is 2.92. The molecule has 6 heteroatoms. The van der Waals surface area contributed by atoms with Gasteiger partial charge in [-0.3, -0.25) is 4.79 Å². The lowest BCUT2D eigenvalue weighted by Gasteiger charge is -2.10. The molecule has 0 bridgehead atoms. The molecule has 0 saturated carbocycles. The molecule has 0 spiro atoms. The van der Waals surface area contributed by atoms with E-state index in [1.807, 2.05) is 42.5 Å². The standard InChI is InChI=1S/C22H24N4O2/c1-3-16-8-4-6-10-18(16)24-21-13-12-19(25-26-21)22(27)23-15-14-17-9-5-7-11-20(17)28-2/h4-13H,3,14-15H2,1-2H3,(H,23,27)(H,24,26).